The number of ether oxygens (including phenoxy) is 1. The SMILES string of the molecule is COC(=O)c1ccc2nnc(-c3cn[nH]c3C)n2c1. The highest BCUT2D eigenvalue weighted by Crippen LogP contribution is 2.20. The fourth-order valence-electron chi connectivity index (χ4n) is 1.89. The summed E-state index contributed by atoms with van der Waals surface area (Å²) in [6, 6.07) is 3.38. The number of nitrogens with zero attached hydrogens (tertiary/aromatic N) is 4. The number of fused-ring (bicyclic) bond motifs is 1. The summed E-state index contributed by atoms with van der Waals surface area (Å²) < 4.78 is 6.44. The highest BCUT2D eigenvalue weighted by atomic mass is 16.5. The number of esters is 1. The quantitative estimate of drug-likeness (QED) is 0.697. The molecule has 3 rings (SSSR count). The number of nitrogens with one attached hydrogen (secondary N) is 1. The number of hydrogen-bond acceptors (Lipinski definition) is 5. The van der Waals surface area contributed by atoms with Crippen LogP contribution >= 0.6 is 0 Å². The largest absolute Gasteiger partial charge is 0.465 e. The van der Waals surface area contributed by atoms with Crippen LogP contribution in [0.15, 0.2) is 24.5 Å². The topological polar surface area (TPSA) is 85.2 Å². The molecule has 0 aliphatic carbocycles. The van der Waals surface area contributed by atoms with Gasteiger partial charge in [-0.25, -0.2) is 4.79 Å². The highest BCUT2D eigenvalue weighted by molar-refractivity contribution is 5.89. The number of H-pyrrole nitrogens is 1. The van der Waals surface area contributed by atoms with Crippen LogP contribution in [0.1, 0.15) is 16.1 Å². The molecule has 7 nitrogen and oxygen atoms in total. The van der Waals surface area contributed by atoms with E-state index < -0.39 is 5.97 Å². The van der Waals surface area contributed by atoms with Gasteiger partial charge in [-0.2, -0.15) is 5.10 Å². The fourth-order valence-corrected chi connectivity index (χ4v) is 1.89. The maximum absolute atomic E-state index is 11.5. The predicted octanol–water partition coefficient (Wildman–Crippen LogP) is 1.21. The Bertz CT molecular complexity index is 758. The number of rotatable bonds is 2. The predicted molar refractivity (Wildman–Crippen MR) is 66.6 cm³/mol. The molecule has 0 fully saturated rings. The van der Waals surface area contributed by atoms with Gasteiger partial charge in [0.05, 0.1) is 24.4 Å². The van der Waals surface area contributed by atoms with E-state index in [-0.39, 0.29) is 0 Å². The van der Waals surface area contributed by atoms with Gasteiger partial charge in [-0.1, -0.05) is 0 Å². The Hall–Kier alpha value is -2.70. The molecule has 0 aliphatic rings. The van der Waals surface area contributed by atoms with Gasteiger partial charge in [-0.3, -0.25) is 9.50 Å². The molecule has 0 saturated carbocycles. The zero-order valence-electron chi connectivity index (χ0n) is 10.4. The Morgan fingerprint density at radius 1 is 1.37 bits per heavy atom. The summed E-state index contributed by atoms with van der Waals surface area (Å²) in [7, 11) is 1.35. The van der Waals surface area contributed by atoms with Gasteiger partial charge in [0, 0.05) is 11.9 Å². The number of carbonyl (C=O) groups is 1. The van der Waals surface area contributed by atoms with E-state index in [4.69, 9.17) is 4.74 Å². The van der Waals surface area contributed by atoms with Crippen LogP contribution in [0.25, 0.3) is 17.0 Å². The summed E-state index contributed by atoms with van der Waals surface area (Å²) in [5.74, 6) is 0.234. The van der Waals surface area contributed by atoms with E-state index in [1.165, 1.54) is 7.11 Å². The normalized spacial score (nSPS) is 10.8. The van der Waals surface area contributed by atoms with Crippen LogP contribution in [0.2, 0.25) is 0 Å². The second-order valence-corrected chi connectivity index (χ2v) is 4.07. The van der Waals surface area contributed by atoms with Crippen LogP contribution in [0.4, 0.5) is 0 Å². The fraction of sp³-hybridized carbons (Fsp3) is 0.167. The second-order valence-electron chi connectivity index (χ2n) is 4.07. The maximum Gasteiger partial charge on any atom is 0.339 e. The van der Waals surface area contributed by atoms with Gasteiger partial charge in [0.25, 0.3) is 0 Å². The molecule has 3 aromatic rings. The molecule has 0 amide bonds. The zero-order valence-corrected chi connectivity index (χ0v) is 10.4. The molecule has 0 spiro atoms. The van der Waals surface area contributed by atoms with Crippen LogP contribution in [0.3, 0.4) is 0 Å². The summed E-state index contributed by atoms with van der Waals surface area (Å²) >= 11 is 0. The van der Waals surface area contributed by atoms with E-state index in [0.717, 1.165) is 11.3 Å². The van der Waals surface area contributed by atoms with Crippen molar-refractivity contribution >= 4 is 11.6 Å². The van der Waals surface area contributed by atoms with Crippen LogP contribution in [0.5, 0.6) is 0 Å². The van der Waals surface area contributed by atoms with Crippen LogP contribution in [0, 0.1) is 6.92 Å². The molecule has 0 radical (unpaired) electrons. The summed E-state index contributed by atoms with van der Waals surface area (Å²) in [6.07, 6.45) is 3.33. The second kappa shape index (κ2) is 4.20. The van der Waals surface area contributed by atoms with Crippen LogP contribution in [-0.2, 0) is 4.74 Å². The Morgan fingerprint density at radius 3 is 2.89 bits per heavy atom. The molecule has 96 valence electrons. The summed E-state index contributed by atoms with van der Waals surface area (Å²) in [6.45, 7) is 1.90. The number of methoxy groups -OCH3 is 1. The van der Waals surface area contributed by atoms with E-state index in [0.29, 0.717) is 17.0 Å². The van der Waals surface area contributed by atoms with Crippen molar-refractivity contribution in [3.63, 3.8) is 0 Å². The molecule has 0 saturated heterocycles. The van der Waals surface area contributed by atoms with Crippen molar-refractivity contribution in [3.05, 3.63) is 35.8 Å². The van der Waals surface area contributed by atoms with Crippen molar-refractivity contribution in [2.24, 2.45) is 0 Å². The number of aromatic nitrogens is 5. The van der Waals surface area contributed by atoms with Crippen molar-refractivity contribution < 1.29 is 9.53 Å². The summed E-state index contributed by atoms with van der Waals surface area (Å²) in [5.41, 5.74) is 2.83. The average Bonchev–Trinajstić information content (AvgIpc) is 3.02. The monoisotopic (exact) mass is 257 g/mol. The van der Waals surface area contributed by atoms with E-state index in [2.05, 4.69) is 20.4 Å². The molecule has 0 atom stereocenters. The van der Waals surface area contributed by atoms with E-state index >= 15 is 0 Å². The van der Waals surface area contributed by atoms with Gasteiger partial charge < -0.3 is 4.74 Å². The van der Waals surface area contributed by atoms with Gasteiger partial charge in [0.2, 0.25) is 0 Å². The summed E-state index contributed by atoms with van der Waals surface area (Å²) in [4.78, 5) is 11.5. The molecule has 0 aliphatic heterocycles. The van der Waals surface area contributed by atoms with Crippen molar-refractivity contribution in [2.45, 2.75) is 6.92 Å². The first kappa shape index (κ1) is 11.4. The van der Waals surface area contributed by atoms with E-state index in [9.17, 15) is 4.79 Å². The first-order valence-corrected chi connectivity index (χ1v) is 5.64. The number of aromatic amines is 1. The molecule has 7 heteroatoms. The minimum Gasteiger partial charge on any atom is -0.465 e. The molecule has 0 aromatic carbocycles. The lowest BCUT2D eigenvalue weighted by atomic mass is 10.2. The molecule has 19 heavy (non-hydrogen) atoms. The highest BCUT2D eigenvalue weighted by Gasteiger charge is 2.14. The van der Waals surface area contributed by atoms with Gasteiger partial charge in [-0.15, -0.1) is 10.2 Å². The third-order valence-electron chi connectivity index (χ3n) is 2.89. The number of pyridine rings is 1. The number of hydrogen-bond donors (Lipinski definition) is 1. The van der Waals surface area contributed by atoms with Gasteiger partial charge in [0.15, 0.2) is 11.5 Å². The maximum atomic E-state index is 11.5. The third-order valence-corrected chi connectivity index (χ3v) is 2.89. The zero-order chi connectivity index (χ0) is 13.4. The third kappa shape index (κ3) is 1.75. The molecular formula is C12H11N5O2. The molecule has 0 unspecified atom stereocenters. The molecule has 3 heterocycles. The van der Waals surface area contributed by atoms with E-state index in [1.54, 1.807) is 28.9 Å². The van der Waals surface area contributed by atoms with Gasteiger partial charge in [0.1, 0.15) is 0 Å². The molecule has 1 N–H and O–H groups in total. The Labute approximate surface area is 108 Å². The Kier molecular flexibility index (Phi) is 2.52. The van der Waals surface area contributed by atoms with Crippen LogP contribution < -0.4 is 0 Å². The summed E-state index contributed by atoms with van der Waals surface area (Å²) in [5, 5.41) is 15.0. The van der Waals surface area contributed by atoms with Crippen molar-refractivity contribution in [3.8, 4) is 11.4 Å². The molecular weight excluding hydrogens is 246 g/mol. The van der Waals surface area contributed by atoms with Crippen molar-refractivity contribution in [1.29, 1.82) is 0 Å². The average molecular weight is 257 g/mol. The molecule has 0 bridgehead atoms. The number of carbonyl (C=O) groups excluding carboxylic acids is 1. The minimum atomic E-state index is -0.398. The van der Waals surface area contributed by atoms with Gasteiger partial charge in [-0.05, 0) is 19.1 Å². The standard InChI is InChI=1S/C12H11N5O2/c1-7-9(5-13-14-7)11-16-15-10-4-3-8(6-17(10)11)12(18)19-2/h3-6H,1-2H3,(H,13,14). The number of aryl methyl sites for hydroxylation is 1. The Balaban J connectivity index is 2.21. The van der Waals surface area contributed by atoms with Gasteiger partial charge >= 0.3 is 5.97 Å². The lowest BCUT2D eigenvalue weighted by Crippen LogP contribution is -2.03. The molecule has 3 aromatic heterocycles. The first-order chi connectivity index (χ1) is 9.20. The van der Waals surface area contributed by atoms with Crippen LogP contribution in [-0.4, -0.2) is 37.9 Å². The smallest absolute Gasteiger partial charge is 0.339 e. The van der Waals surface area contributed by atoms with Crippen molar-refractivity contribution in [1.82, 2.24) is 24.8 Å². The van der Waals surface area contributed by atoms with Crippen molar-refractivity contribution in [2.75, 3.05) is 7.11 Å². The van der Waals surface area contributed by atoms with E-state index in [1.807, 2.05) is 6.92 Å². The first-order valence-electron chi connectivity index (χ1n) is 5.64. The lowest BCUT2D eigenvalue weighted by Gasteiger charge is -2.02. The minimum absolute atomic E-state index is 0.398. The lowest BCUT2D eigenvalue weighted by molar-refractivity contribution is 0.0600. The Morgan fingerprint density at radius 2 is 2.21 bits per heavy atom.